The Morgan fingerprint density at radius 2 is 2.19 bits per heavy atom. The molecule has 88 valence electrons. The minimum atomic E-state index is -2.86. The van der Waals surface area contributed by atoms with Crippen LogP contribution in [0.1, 0.15) is 22.3 Å². The molecule has 6 heteroatoms. The number of rotatable bonds is 5. The van der Waals surface area contributed by atoms with Crippen LogP contribution in [0.5, 0.6) is 5.75 Å². The topological polar surface area (TPSA) is 55.8 Å². The first-order valence-corrected chi connectivity index (χ1v) is 4.33. The highest BCUT2D eigenvalue weighted by atomic mass is 19.3. The van der Waals surface area contributed by atoms with Crippen molar-refractivity contribution in [2.24, 2.45) is 0 Å². The highest BCUT2D eigenvalue weighted by Gasteiger charge is 2.18. The van der Waals surface area contributed by atoms with E-state index in [2.05, 4.69) is 4.74 Å². The number of halogens is 2. The molecule has 16 heavy (non-hydrogen) atoms. The lowest BCUT2D eigenvalue weighted by molar-refractivity contribution is 0.0506. The van der Waals surface area contributed by atoms with Gasteiger partial charge in [0.25, 0.3) is 6.43 Å². The van der Waals surface area contributed by atoms with Gasteiger partial charge >= 0.3 is 5.97 Å². The molecule has 0 aliphatic heterocycles. The minimum Gasteiger partial charge on any atom is -0.478 e. The van der Waals surface area contributed by atoms with Crippen molar-refractivity contribution in [2.75, 3.05) is 13.9 Å². The van der Waals surface area contributed by atoms with Crippen molar-refractivity contribution in [2.45, 2.75) is 6.43 Å². The molecule has 0 heterocycles. The lowest BCUT2D eigenvalue weighted by Crippen LogP contribution is -2.05. The largest absolute Gasteiger partial charge is 0.478 e. The molecule has 0 amide bonds. The number of ether oxygens (including phenoxy) is 2. The summed E-state index contributed by atoms with van der Waals surface area (Å²) < 4.78 is 34.6. The molecule has 0 radical (unpaired) electrons. The summed E-state index contributed by atoms with van der Waals surface area (Å²) in [5.74, 6) is -1.25. The molecular weight excluding hydrogens is 222 g/mol. The van der Waals surface area contributed by atoms with E-state index in [0.717, 1.165) is 12.1 Å². The maximum Gasteiger partial charge on any atom is 0.336 e. The van der Waals surface area contributed by atoms with Crippen molar-refractivity contribution < 1.29 is 28.2 Å². The Kier molecular flexibility index (Phi) is 4.19. The average molecular weight is 232 g/mol. The van der Waals surface area contributed by atoms with Gasteiger partial charge in [-0.15, -0.1) is 0 Å². The quantitative estimate of drug-likeness (QED) is 0.791. The molecule has 4 nitrogen and oxygen atoms in total. The Bertz CT molecular complexity index is 379. The van der Waals surface area contributed by atoms with Gasteiger partial charge in [-0.3, -0.25) is 0 Å². The van der Waals surface area contributed by atoms with Gasteiger partial charge in [-0.1, -0.05) is 0 Å². The number of hydrogen-bond acceptors (Lipinski definition) is 3. The van der Waals surface area contributed by atoms with Crippen molar-refractivity contribution in [1.29, 1.82) is 0 Å². The third-order valence-electron chi connectivity index (χ3n) is 1.83. The number of methoxy groups -OCH3 is 1. The first-order chi connectivity index (χ1) is 7.56. The fourth-order valence-corrected chi connectivity index (χ4v) is 1.13. The molecule has 0 saturated carbocycles. The van der Waals surface area contributed by atoms with Gasteiger partial charge in [-0.25, -0.2) is 13.6 Å². The zero-order valence-corrected chi connectivity index (χ0v) is 8.44. The van der Waals surface area contributed by atoms with Gasteiger partial charge in [-0.2, -0.15) is 0 Å². The number of aromatic carboxylic acids is 1. The van der Waals surface area contributed by atoms with Gasteiger partial charge in [0.05, 0.1) is 5.56 Å². The van der Waals surface area contributed by atoms with Gasteiger partial charge < -0.3 is 14.6 Å². The maximum absolute atomic E-state index is 12.5. The summed E-state index contributed by atoms with van der Waals surface area (Å²) in [6.45, 7) is -0.0882. The van der Waals surface area contributed by atoms with Gasteiger partial charge in [0, 0.05) is 12.7 Å². The molecule has 0 bridgehead atoms. The van der Waals surface area contributed by atoms with Crippen LogP contribution in [0.2, 0.25) is 0 Å². The standard InChI is InChI=1S/C10H10F2O4/c1-15-5-16-6-2-3-7(10(13)14)8(4-6)9(11)12/h2-4,9H,5H2,1H3,(H,13,14). The molecule has 0 unspecified atom stereocenters. The first kappa shape index (κ1) is 12.4. The first-order valence-electron chi connectivity index (χ1n) is 4.33. The zero-order chi connectivity index (χ0) is 12.1. The van der Waals surface area contributed by atoms with Crippen LogP contribution in [0.15, 0.2) is 18.2 Å². The van der Waals surface area contributed by atoms with E-state index in [1.807, 2.05) is 0 Å². The lowest BCUT2D eigenvalue weighted by Gasteiger charge is -2.09. The SMILES string of the molecule is COCOc1ccc(C(=O)O)c(C(F)F)c1. The summed E-state index contributed by atoms with van der Waals surface area (Å²) in [6.07, 6.45) is -2.86. The summed E-state index contributed by atoms with van der Waals surface area (Å²) in [5.41, 5.74) is -0.999. The van der Waals surface area contributed by atoms with Crippen LogP contribution in [0.4, 0.5) is 8.78 Å². The zero-order valence-electron chi connectivity index (χ0n) is 8.44. The predicted molar refractivity (Wildman–Crippen MR) is 50.9 cm³/mol. The Morgan fingerprint density at radius 1 is 1.50 bits per heavy atom. The smallest absolute Gasteiger partial charge is 0.336 e. The van der Waals surface area contributed by atoms with Crippen LogP contribution in [0.25, 0.3) is 0 Å². The fraction of sp³-hybridized carbons (Fsp3) is 0.300. The van der Waals surface area contributed by atoms with E-state index in [1.165, 1.54) is 13.2 Å². The number of benzene rings is 1. The van der Waals surface area contributed by atoms with Crippen LogP contribution in [0, 0.1) is 0 Å². The average Bonchev–Trinajstić information content (AvgIpc) is 2.25. The molecule has 0 fully saturated rings. The van der Waals surface area contributed by atoms with Crippen molar-refractivity contribution in [3.8, 4) is 5.75 Å². The second-order valence-electron chi connectivity index (χ2n) is 2.91. The van der Waals surface area contributed by atoms with Crippen molar-refractivity contribution >= 4 is 5.97 Å². The maximum atomic E-state index is 12.5. The number of hydrogen-bond donors (Lipinski definition) is 1. The molecule has 0 spiro atoms. The molecule has 1 aromatic carbocycles. The van der Waals surface area contributed by atoms with E-state index in [0.29, 0.717) is 0 Å². The molecule has 1 N–H and O–H groups in total. The van der Waals surface area contributed by atoms with Gasteiger partial charge in [0.2, 0.25) is 0 Å². The van der Waals surface area contributed by atoms with Crippen LogP contribution < -0.4 is 4.74 Å². The molecule has 0 atom stereocenters. The molecule has 0 aliphatic rings. The van der Waals surface area contributed by atoms with E-state index < -0.39 is 23.5 Å². The molecular formula is C10H10F2O4. The molecule has 1 rings (SSSR count). The number of carboxylic acids is 1. The Labute approximate surface area is 90.4 Å². The third kappa shape index (κ3) is 2.90. The van der Waals surface area contributed by atoms with Gasteiger partial charge in [0.15, 0.2) is 6.79 Å². The Hall–Kier alpha value is -1.69. The van der Waals surface area contributed by atoms with E-state index in [9.17, 15) is 13.6 Å². The monoisotopic (exact) mass is 232 g/mol. The predicted octanol–water partition coefficient (Wildman–Crippen LogP) is 2.31. The van der Waals surface area contributed by atoms with Crippen LogP contribution in [0.3, 0.4) is 0 Å². The van der Waals surface area contributed by atoms with Crippen molar-refractivity contribution in [1.82, 2.24) is 0 Å². The summed E-state index contributed by atoms with van der Waals surface area (Å²) in [7, 11) is 1.39. The number of carbonyl (C=O) groups is 1. The van der Waals surface area contributed by atoms with Crippen LogP contribution >= 0.6 is 0 Å². The molecule has 1 aromatic rings. The van der Waals surface area contributed by atoms with Crippen molar-refractivity contribution in [3.05, 3.63) is 29.3 Å². The summed E-state index contributed by atoms with van der Waals surface area (Å²) in [4.78, 5) is 10.7. The van der Waals surface area contributed by atoms with E-state index in [1.54, 1.807) is 0 Å². The van der Waals surface area contributed by atoms with E-state index in [-0.39, 0.29) is 12.5 Å². The minimum absolute atomic E-state index is 0.0882. The normalized spacial score (nSPS) is 10.5. The number of alkyl halides is 2. The van der Waals surface area contributed by atoms with Crippen molar-refractivity contribution in [3.63, 3.8) is 0 Å². The van der Waals surface area contributed by atoms with E-state index in [4.69, 9.17) is 9.84 Å². The third-order valence-corrected chi connectivity index (χ3v) is 1.83. The Morgan fingerprint density at radius 3 is 2.69 bits per heavy atom. The van der Waals surface area contributed by atoms with Crippen LogP contribution in [-0.2, 0) is 4.74 Å². The van der Waals surface area contributed by atoms with E-state index >= 15 is 0 Å². The Balaban J connectivity index is 3.02. The highest BCUT2D eigenvalue weighted by Crippen LogP contribution is 2.27. The van der Waals surface area contributed by atoms with Gasteiger partial charge in [0.1, 0.15) is 5.75 Å². The lowest BCUT2D eigenvalue weighted by atomic mass is 10.1. The number of carboxylic acid groups (broad SMARTS) is 1. The molecule has 0 aromatic heterocycles. The highest BCUT2D eigenvalue weighted by molar-refractivity contribution is 5.89. The summed E-state index contributed by atoms with van der Waals surface area (Å²) >= 11 is 0. The molecule has 0 aliphatic carbocycles. The van der Waals surface area contributed by atoms with Gasteiger partial charge in [-0.05, 0) is 18.2 Å². The van der Waals surface area contributed by atoms with Crippen LogP contribution in [-0.4, -0.2) is 25.0 Å². The summed E-state index contributed by atoms with van der Waals surface area (Å²) in [6, 6.07) is 3.37. The second kappa shape index (κ2) is 5.41. The fourth-order valence-electron chi connectivity index (χ4n) is 1.13. The molecule has 0 saturated heterocycles. The second-order valence-corrected chi connectivity index (χ2v) is 2.91. The summed E-state index contributed by atoms with van der Waals surface area (Å²) in [5, 5.41) is 8.68.